The van der Waals surface area contributed by atoms with Crippen molar-refractivity contribution >= 4 is 28.5 Å². The Morgan fingerprint density at radius 1 is 1.56 bits per heavy atom. The quantitative estimate of drug-likeness (QED) is 0.747. The molecular formula is C10H17N3O3S2. The first kappa shape index (κ1) is 15.2. The van der Waals surface area contributed by atoms with Crippen LogP contribution < -0.4 is 0 Å². The number of carbonyl (C=O) groups is 1. The SMILES string of the molecule is CCc1nnc(SCC(=O)O)n1CC(C)S(C)=O. The van der Waals surface area contributed by atoms with E-state index in [0.717, 1.165) is 17.6 Å². The predicted octanol–water partition coefficient (Wildman–Crippen LogP) is 0.784. The summed E-state index contributed by atoms with van der Waals surface area (Å²) in [7, 11) is -0.928. The second-order valence-corrected chi connectivity index (χ2v) is 6.60. The summed E-state index contributed by atoms with van der Waals surface area (Å²) in [6.45, 7) is 4.39. The standard InChI is InChI=1S/C10H17N3O3S2/c1-4-8-11-12-10(17-6-9(14)15)13(8)5-7(2)18(3)16/h7H,4-6H2,1-3H3,(H,14,15). The van der Waals surface area contributed by atoms with Gasteiger partial charge in [0.25, 0.3) is 0 Å². The van der Waals surface area contributed by atoms with Crippen molar-refractivity contribution in [3.05, 3.63) is 5.82 Å². The van der Waals surface area contributed by atoms with Crippen molar-refractivity contribution in [2.75, 3.05) is 12.0 Å². The molecule has 0 fully saturated rings. The van der Waals surface area contributed by atoms with E-state index in [1.165, 1.54) is 0 Å². The minimum Gasteiger partial charge on any atom is -0.481 e. The average Bonchev–Trinajstić information content (AvgIpc) is 2.68. The maximum atomic E-state index is 11.4. The molecule has 1 N–H and O–H groups in total. The molecule has 0 saturated carbocycles. The zero-order valence-electron chi connectivity index (χ0n) is 10.6. The summed E-state index contributed by atoms with van der Waals surface area (Å²) in [6, 6.07) is 0. The van der Waals surface area contributed by atoms with Gasteiger partial charge in [-0.25, -0.2) is 0 Å². The van der Waals surface area contributed by atoms with Gasteiger partial charge < -0.3 is 9.67 Å². The van der Waals surface area contributed by atoms with Crippen LogP contribution in [0.3, 0.4) is 0 Å². The molecule has 1 heterocycles. The molecule has 2 atom stereocenters. The molecule has 0 aliphatic heterocycles. The third-order valence-electron chi connectivity index (χ3n) is 2.44. The molecular weight excluding hydrogens is 274 g/mol. The van der Waals surface area contributed by atoms with Gasteiger partial charge in [0.15, 0.2) is 5.16 Å². The zero-order chi connectivity index (χ0) is 13.7. The monoisotopic (exact) mass is 291 g/mol. The summed E-state index contributed by atoms with van der Waals surface area (Å²) in [5.41, 5.74) is 0. The molecule has 8 heteroatoms. The van der Waals surface area contributed by atoms with Crippen LogP contribution >= 0.6 is 11.8 Å². The van der Waals surface area contributed by atoms with Crippen molar-refractivity contribution in [1.29, 1.82) is 0 Å². The molecule has 2 unspecified atom stereocenters. The second kappa shape index (κ2) is 6.89. The number of aliphatic carboxylic acids is 1. The van der Waals surface area contributed by atoms with Gasteiger partial charge in [0.05, 0.1) is 5.75 Å². The highest BCUT2D eigenvalue weighted by Gasteiger charge is 2.16. The number of nitrogens with zero attached hydrogens (tertiary/aromatic N) is 3. The second-order valence-electron chi connectivity index (χ2n) is 3.85. The smallest absolute Gasteiger partial charge is 0.313 e. The van der Waals surface area contributed by atoms with Crippen molar-refractivity contribution in [1.82, 2.24) is 14.8 Å². The van der Waals surface area contributed by atoms with Gasteiger partial charge in [0.1, 0.15) is 5.82 Å². The van der Waals surface area contributed by atoms with Crippen LogP contribution in [0.15, 0.2) is 5.16 Å². The van der Waals surface area contributed by atoms with E-state index in [0.29, 0.717) is 18.1 Å². The Morgan fingerprint density at radius 3 is 2.72 bits per heavy atom. The Hall–Kier alpha value is -0.890. The number of hydrogen-bond donors (Lipinski definition) is 1. The highest BCUT2D eigenvalue weighted by atomic mass is 32.2. The van der Waals surface area contributed by atoms with Gasteiger partial charge in [0.2, 0.25) is 0 Å². The molecule has 1 rings (SSSR count). The zero-order valence-corrected chi connectivity index (χ0v) is 12.3. The number of aromatic nitrogens is 3. The summed E-state index contributed by atoms with van der Waals surface area (Å²) >= 11 is 1.14. The molecule has 102 valence electrons. The average molecular weight is 291 g/mol. The van der Waals surface area contributed by atoms with Gasteiger partial charge in [-0.3, -0.25) is 9.00 Å². The van der Waals surface area contributed by atoms with Gasteiger partial charge in [-0.2, -0.15) is 0 Å². The van der Waals surface area contributed by atoms with Gasteiger partial charge >= 0.3 is 5.97 Å². The Bertz CT molecular complexity index is 448. The van der Waals surface area contributed by atoms with E-state index in [2.05, 4.69) is 10.2 Å². The highest BCUT2D eigenvalue weighted by molar-refractivity contribution is 7.99. The first-order chi connectivity index (χ1) is 8.45. The van der Waals surface area contributed by atoms with Crippen LogP contribution in [0.25, 0.3) is 0 Å². The van der Waals surface area contributed by atoms with Gasteiger partial charge in [-0.1, -0.05) is 18.7 Å². The number of aryl methyl sites for hydroxylation is 1. The van der Waals surface area contributed by atoms with E-state index in [4.69, 9.17) is 5.11 Å². The lowest BCUT2D eigenvalue weighted by atomic mass is 10.4. The molecule has 0 aliphatic carbocycles. The largest absolute Gasteiger partial charge is 0.481 e. The summed E-state index contributed by atoms with van der Waals surface area (Å²) in [5, 5.41) is 17.2. The van der Waals surface area contributed by atoms with Gasteiger partial charge in [0, 0.05) is 35.3 Å². The molecule has 0 spiro atoms. The number of carboxylic acid groups (broad SMARTS) is 1. The van der Waals surface area contributed by atoms with E-state index < -0.39 is 16.8 Å². The number of hydrogen-bond acceptors (Lipinski definition) is 5. The van der Waals surface area contributed by atoms with Crippen LogP contribution in [0.4, 0.5) is 0 Å². The summed E-state index contributed by atoms with van der Waals surface area (Å²) in [5.74, 6) is -0.147. The Balaban J connectivity index is 2.87. The molecule has 1 aromatic heterocycles. The van der Waals surface area contributed by atoms with E-state index in [1.807, 2.05) is 18.4 Å². The Labute approximate surface area is 113 Å². The Kier molecular flexibility index (Phi) is 5.80. The first-order valence-corrected chi connectivity index (χ1v) is 8.15. The van der Waals surface area contributed by atoms with E-state index in [-0.39, 0.29) is 11.0 Å². The third-order valence-corrected chi connectivity index (χ3v) is 4.67. The molecule has 0 bridgehead atoms. The fourth-order valence-corrected chi connectivity index (χ4v) is 2.40. The normalized spacial score (nSPS) is 14.4. The fraction of sp³-hybridized carbons (Fsp3) is 0.700. The molecule has 0 aromatic carbocycles. The van der Waals surface area contributed by atoms with Crippen LogP contribution in [-0.4, -0.2) is 47.3 Å². The maximum absolute atomic E-state index is 11.4. The van der Waals surface area contributed by atoms with Gasteiger partial charge in [-0.05, 0) is 6.92 Å². The van der Waals surface area contributed by atoms with E-state index in [1.54, 1.807) is 6.26 Å². The van der Waals surface area contributed by atoms with Crippen LogP contribution in [-0.2, 0) is 28.6 Å². The lowest BCUT2D eigenvalue weighted by Crippen LogP contribution is -2.19. The maximum Gasteiger partial charge on any atom is 0.313 e. The van der Waals surface area contributed by atoms with Crippen LogP contribution in [0, 0.1) is 0 Å². The molecule has 0 aliphatic rings. The molecule has 1 aromatic rings. The highest BCUT2D eigenvalue weighted by Crippen LogP contribution is 2.18. The van der Waals surface area contributed by atoms with E-state index >= 15 is 0 Å². The summed E-state index contributed by atoms with van der Waals surface area (Å²) in [6.07, 6.45) is 2.37. The van der Waals surface area contributed by atoms with Crippen LogP contribution in [0.5, 0.6) is 0 Å². The van der Waals surface area contributed by atoms with Crippen molar-refractivity contribution in [3.63, 3.8) is 0 Å². The predicted molar refractivity (Wildman–Crippen MR) is 71.3 cm³/mol. The molecule has 6 nitrogen and oxygen atoms in total. The first-order valence-electron chi connectivity index (χ1n) is 5.54. The third kappa shape index (κ3) is 4.09. The Morgan fingerprint density at radius 2 is 2.22 bits per heavy atom. The minimum absolute atomic E-state index is 0.0181. The van der Waals surface area contributed by atoms with E-state index in [9.17, 15) is 9.00 Å². The van der Waals surface area contributed by atoms with Crippen molar-refractivity contribution in [3.8, 4) is 0 Å². The van der Waals surface area contributed by atoms with Crippen LogP contribution in [0.2, 0.25) is 0 Å². The number of thioether (sulfide) groups is 1. The summed E-state index contributed by atoms with van der Waals surface area (Å²) < 4.78 is 13.3. The van der Waals surface area contributed by atoms with Crippen molar-refractivity contribution in [2.45, 2.75) is 37.2 Å². The molecule has 0 radical (unpaired) electrons. The fourth-order valence-electron chi connectivity index (χ4n) is 1.36. The number of rotatable bonds is 7. The summed E-state index contributed by atoms with van der Waals surface area (Å²) in [4.78, 5) is 10.6. The molecule has 0 saturated heterocycles. The van der Waals surface area contributed by atoms with Crippen molar-refractivity contribution in [2.24, 2.45) is 0 Å². The lowest BCUT2D eigenvalue weighted by Gasteiger charge is -2.13. The van der Waals surface area contributed by atoms with Gasteiger partial charge in [-0.15, -0.1) is 10.2 Å². The van der Waals surface area contributed by atoms with Crippen LogP contribution in [0.1, 0.15) is 19.7 Å². The van der Waals surface area contributed by atoms with Crippen molar-refractivity contribution < 1.29 is 14.1 Å². The number of carboxylic acids is 1. The molecule has 0 amide bonds. The lowest BCUT2D eigenvalue weighted by molar-refractivity contribution is -0.133. The minimum atomic E-state index is -0.928. The molecule has 18 heavy (non-hydrogen) atoms. The topological polar surface area (TPSA) is 85.1 Å².